The number of hydrogen-bond donors (Lipinski definition) is 3. The molecule has 0 unspecified atom stereocenters. The summed E-state index contributed by atoms with van der Waals surface area (Å²) in [6.45, 7) is 0. The van der Waals surface area contributed by atoms with Crippen molar-refractivity contribution in [3.05, 3.63) is 121 Å². The third-order valence-electron chi connectivity index (χ3n) is 7.03. The van der Waals surface area contributed by atoms with Gasteiger partial charge in [-0.15, -0.1) is 0 Å². The molecule has 7 nitrogen and oxygen atoms in total. The molecule has 0 bridgehead atoms. The molecule has 0 aliphatic carbocycles. The van der Waals surface area contributed by atoms with Crippen LogP contribution < -0.4 is 5.32 Å². The van der Waals surface area contributed by atoms with Crippen LogP contribution in [0.1, 0.15) is 5.56 Å². The van der Waals surface area contributed by atoms with Gasteiger partial charge >= 0.3 is 0 Å². The van der Waals surface area contributed by atoms with Gasteiger partial charge in [-0.2, -0.15) is 5.10 Å². The number of nitrogens with one attached hydrogen (secondary N) is 3. The lowest BCUT2D eigenvalue weighted by molar-refractivity contribution is -0.115. The summed E-state index contributed by atoms with van der Waals surface area (Å²) < 4.78 is 14.0. The normalized spacial score (nSPS) is 11.2. The van der Waals surface area contributed by atoms with Crippen molar-refractivity contribution in [2.45, 2.75) is 6.42 Å². The predicted molar refractivity (Wildman–Crippen MR) is 159 cm³/mol. The van der Waals surface area contributed by atoms with Crippen molar-refractivity contribution in [1.29, 1.82) is 0 Å². The van der Waals surface area contributed by atoms with E-state index in [1.165, 1.54) is 12.1 Å². The second-order valence-corrected chi connectivity index (χ2v) is 9.82. The average Bonchev–Trinajstić information content (AvgIpc) is 3.61. The van der Waals surface area contributed by atoms with E-state index in [1.54, 1.807) is 24.7 Å². The minimum Gasteiger partial charge on any atom is -0.353 e. The molecule has 0 atom stereocenters. The Balaban J connectivity index is 1.21. The molecular formula is C33H23FN6O. The molecule has 0 saturated heterocycles. The number of fused-ring (bicyclic) bond motifs is 2. The molecule has 41 heavy (non-hydrogen) atoms. The number of hydrogen-bond acceptors (Lipinski definition) is 4. The smallest absolute Gasteiger partial charge is 0.228 e. The van der Waals surface area contributed by atoms with E-state index in [-0.39, 0.29) is 18.1 Å². The average molecular weight is 539 g/mol. The highest BCUT2D eigenvalue weighted by Gasteiger charge is 2.15. The Morgan fingerprint density at radius 3 is 2.56 bits per heavy atom. The number of nitrogens with zero attached hydrogens (tertiary/aromatic N) is 3. The molecule has 0 aliphatic rings. The third-order valence-corrected chi connectivity index (χ3v) is 7.03. The lowest BCUT2D eigenvalue weighted by Gasteiger charge is -2.07. The van der Waals surface area contributed by atoms with Crippen LogP contribution in [0.15, 0.2) is 110 Å². The summed E-state index contributed by atoms with van der Waals surface area (Å²) in [5.74, 6) is -0.394. The van der Waals surface area contributed by atoms with Gasteiger partial charge in [0.1, 0.15) is 11.5 Å². The molecule has 0 radical (unpaired) electrons. The summed E-state index contributed by atoms with van der Waals surface area (Å²) in [5, 5.41) is 12.4. The molecule has 8 heteroatoms. The highest BCUT2D eigenvalue weighted by molar-refractivity contribution is 6.01. The van der Waals surface area contributed by atoms with Crippen molar-refractivity contribution in [2.75, 3.05) is 5.32 Å². The molecule has 198 valence electrons. The molecule has 7 rings (SSSR count). The summed E-state index contributed by atoms with van der Waals surface area (Å²) in [4.78, 5) is 25.0. The number of anilines is 1. The van der Waals surface area contributed by atoms with Crippen molar-refractivity contribution in [1.82, 2.24) is 25.1 Å². The molecule has 0 saturated carbocycles. The fraction of sp³-hybridized carbons (Fsp3) is 0.0303. The van der Waals surface area contributed by atoms with Crippen molar-refractivity contribution in [3.8, 4) is 33.8 Å². The van der Waals surface area contributed by atoms with Gasteiger partial charge in [-0.1, -0.05) is 54.6 Å². The topological polar surface area (TPSA) is 99.4 Å². The Kier molecular flexibility index (Phi) is 6.05. The van der Waals surface area contributed by atoms with Gasteiger partial charge in [-0.3, -0.25) is 19.9 Å². The van der Waals surface area contributed by atoms with Gasteiger partial charge in [0.05, 0.1) is 41.4 Å². The van der Waals surface area contributed by atoms with Crippen LogP contribution in [0, 0.1) is 5.82 Å². The van der Waals surface area contributed by atoms with Crippen LogP contribution in [0.4, 0.5) is 10.1 Å². The molecule has 0 fully saturated rings. The molecular weight excluding hydrogens is 515 g/mol. The number of carbonyl (C=O) groups excluding carboxylic acids is 1. The Morgan fingerprint density at radius 2 is 1.68 bits per heavy atom. The second-order valence-electron chi connectivity index (χ2n) is 9.82. The summed E-state index contributed by atoms with van der Waals surface area (Å²) in [6.07, 6.45) is 5.35. The van der Waals surface area contributed by atoms with Gasteiger partial charge in [-0.25, -0.2) is 4.39 Å². The van der Waals surface area contributed by atoms with Gasteiger partial charge in [0.15, 0.2) is 0 Å². The first kappa shape index (κ1) is 24.4. The number of aromatic amines is 2. The summed E-state index contributed by atoms with van der Waals surface area (Å²) >= 11 is 0. The lowest BCUT2D eigenvalue weighted by atomic mass is 10.0. The van der Waals surface area contributed by atoms with Crippen LogP contribution in [0.5, 0.6) is 0 Å². The zero-order chi connectivity index (χ0) is 27.8. The number of benzene rings is 3. The van der Waals surface area contributed by atoms with Crippen LogP contribution in [0.25, 0.3) is 55.6 Å². The minimum atomic E-state index is -0.275. The summed E-state index contributed by atoms with van der Waals surface area (Å²) in [5.41, 5.74) is 8.02. The quantitative estimate of drug-likeness (QED) is 0.209. The summed E-state index contributed by atoms with van der Waals surface area (Å²) in [6, 6.07) is 28.0. The zero-order valence-electron chi connectivity index (χ0n) is 21.7. The first-order valence-electron chi connectivity index (χ1n) is 13.1. The van der Waals surface area contributed by atoms with Gasteiger partial charge in [0, 0.05) is 28.0 Å². The van der Waals surface area contributed by atoms with Crippen LogP contribution >= 0.6 is 0 Å². The Labute approximate surface area is 234 Å². The molecule has 0 aliphatic heterocycles. The molecule has 4 heterocycles. The van der Waals surface area contributed by atoms with E-state index in [0.717, 1.165) is 55.4 Å². The number of H-pyrrole nitrogens is 2. The highest BCUT2D eigenvalue weighted by Crippen LogP contribution is 2.35. The molecule has 3 N–H and O–H groups in total. The molecule has 0 spiro atoms. The van der Waals surface area contributed by atoms with Gasteiger partial charge in [0.25, 0.3) is 0 Å². The van der Waals surface area contributed by atoms with E-state index in [4.69, 9.17) is 0 Å². The van der Waals surface area contributed by atoms with Gasteiger partial charge in [-0.05, 0) is 53.1 Å². The SMILES string of the molecule is O=C(Cc1ccccc1)Nc1cncc(-c2cc3c(-c4cc5c(-c6cccc(F)c6)cccc5[nH]4)n[nH]c3cn2)c1. The van der Waals surface area contributed by atoms with E-state index < -0.39 is 0 Å². The van der Waals surface area contributed by atoms with Crippen molar-refractivity contribution < 1.29 is 9.18 Å². The largest absolute Gasteiger partial charge is 0.353 e. The maximum atomic E-state index is 14.0. The zero-order valence-corrected chi connectivity index (χ0v) is 21.7. The van der Waals surface area contributed by atoms with E-state index in [1.807, 2.05) is 72.8 Å². The van der Waals surface area contributed by atoms with Crippen LogP contribution in [0.2, 0.25) is 0 Å². The van der Waals surface area contributed by atoms with Crippen molar-refractivity contribution >= 4 is 33.4 Å². The van der Waals surface area contributed by atoms with Gasteiger partial charge < -0.3 is 10.3 Å². The molecule has 7 aromatic rings. The predicted octanol–water partition coefficient (Wildman–Crippen LogP) is 7.16. The first-order chi connectivity index (χ1) is 20.1. The fourth-order valence-electron chi connectivity index (χ4n) is 5.11. The van der Waals surface area contributed by atoms with Crippen LogP contribution in [0.3, 0.4) is 0 Å². The Morgan fingerprint density at radius 1 is 0.805 bits per heavy atom. The van der Waals surface area contributed by atoms with E-state index in [2.05, 4.69) is 30.5 Å². The number of halogens is 1. The maximum Gasteiger partial charge on any atom is 0.228 e. The Bertz CT molecular complexity index is 2050. The van der Waals surface area contributed by atoms with Crippen molar-refractivity contribution in [2.24, 2.45) is 0 Å². The molecule has 1 amide bonds. The highest BCUT2D eigenvalue weighted by atomic mass is 19.1. The maximum absolute atomic E-state index is 14.0. The minimum absolute atomic E-state index is 0.118. The van der Waals surface area contributed by atoms with E-state index >= 15 is 0 Å². The van der Waals surface area contributed by atoms with Gasteiger partial charge in [0.2, 0.25) is 5.91 Å². The lowest BCUT2D eigenvalue weighted by Crippen LogP contribution is -2.14. The first-order valence-corrected chi connectivity index (χ1v) is 13.1. The monoisotopic (exact) mass is 538 g/mol. The third kappa shape index (κ3) is 4.83. The molecule has 3 aromatic carbocycles. The van der Waals surface area contributed by atoms with Crippen LogP contribution in [-0.2, 0) is 11.2 Å². The van der Waals surface area contributed by atoms with Crippen LogP contribution in [-0.4, -0.2) is 31.1 Å². The fourth-order valence-corrected chi connectivity index (χ4v) is 5.11. The number of pyridine rings is 2. The second kappa shape index (κ2) is 10.2. The molecule has 4 aromatic heterocycles. The van der Waals surface area contributed by atoms with E-state index in [0.29, 0.717) is 11.4 Å². The van der Waals surface area contributed by atoms with E-state index in [9.17, 15) is 9.18 Å². The number of rotatable bonds is 6. The number of amides is 1. The summed E-state index contributed by atoms with van der Waals surface area (Å²) in [7, 11) is 0. The standard InChI is InChI=1S/C33H23FN6O/c34-23-9-4-8-21(13-23)25-10-5-11-28-26(25)15-30(38-28)33-27-16-29(36-19-31(27)39-40-33)22-14-24(18-35-17-22)37-32(41)12-20-6-2-1-3-7-20/h1-11,13-19,38H,12H2,(H,37,41)(H,39,40). The number of carbonyl (C=O) groups is 1. The number of aromatic nitrogens is 5. The Hall–Kier alpha value is -5.63. The van der Waals surface area contributed by atoms with Crippen molar-refractivity contribution in [3.63, 3.8) is 0 Å².